The molecule has 7 nitrogen and oxygen atoms in total. The van der Waals surface area contributed by atoms with Gasteiger partial charge in [0.15, 0.2) is 5.82 Å². The molecule has 102 valence electrons. The second-order valence-corrected chi connectivity index (χ2v) is 4.80. The number of likely N-dealkylation sites (tertiary alicyclic amines) is 1. The maximum atomic E-state index is 12.0. The van der Waals surface area contributed by atoms with Crippen molar-refractivity contribution in [3.63, 3.8) is 0 Å². The van der Waals surface area contributed by atoms with Crippen LogP contribution in [0.3, 0.4) is 0 Å². The fraction of sp³-hybridized carbons (Fsp3) is 0.500. The summed E-state index contributed by atoms with van der Waals surface area (Å²) in [6.07, 6.45) is 0. The summed E-state index contributed by atoms with van der Waals surface area (Å²) in [7, 11) is 0. The minimum atomic E-state index is -0.288. The van der Waals surface area contributed by atoms with Crippen LogP contribution in [0.5, 0.6) is 0 Å². The average molecular weight is 263 g/mol. The van der Waals surface area contributed by atoms with Crippen molar-refractivity contribution in [3.05, 3.63) is 17.6 Å². The molecule has 1 aliphatic rings. The van der Waals surface area contributed by atoms with Crippen LogP contribution in [0.4, 0.5) is 5.82 Å². The van der Waals surface area contributed by atoms with E-state index in [1.807, 2.05) is 0 Å². The predicted molar refractivity (Wildman–Crippen MR) is 68.5 cm³/mol. The summed E-state index contributed by atoms with van der Waals surface area (Å²) >= 11 is 0. The number of nitrogens with one attached hydrogen (secondary N) is 1. The fourth-order valence-electron chi connectivity index (χ4n) is 2.10. The molecular formula is C12H17N5O2. The molecule has 3 N–H and O–H groups in total. The molecule has 0 spiro atoms. The first-order valence-corrected chi connectivity index (χ1v) is 6.10. The molecule has 1 aliphatic heterocycles. The van der Waals surface area contributed by atoms with Crippen LogP contribution in [0, 0.1) is 18.8 Å². The number of nitrogens with two attached hydrogens (primary N) is 1. The Bertz CT molecular complexity index is 511. The second-order valence-electron chi connectivity index (χ2n) is 4.80. The molecular weight excluding hydrogens is 246 g/mol. The van der Waals surface area contributed by atoms with Gasteiger partial charge in [-0.2, -0.15) is 0 Å². The van der Waals surface area contributed by atoms with E-state index in [1.165, 1.54) is 4.90 Å². The number of carbonyl (C=O) groups is 2. The van der Waals surface area contributed by atoms with Crippen molar-refractivity contribution in [2.75, 3.05) is 5.43 Å². The Hall–Kier alpha value is -2.02. The Morgan fingerprint density at radius 1 is 1.26 bits per heavy atom. The second kappa shape index (κ2) is 4.93. The van der Waals surface area contributed by atoms with Gasteiger partial charge in [-0.3, -0.25) is 14.5 Å². The smallest absolute Gasteiger partial charge is 0.233 e. The van der Waals surface area contributed by atoms with Gasteiger partial charge in [-0.25, -0.2) is 15.8 Å². The molecule has 0 aliphatic carbocycles. The SMILES string of the molecule is Cc1cc(NN)nc(CN2C(=O)C(C)C(C)C2=O)n1. The largest absolute Gasteiger partial charge is 0.308 e. The summed E-state index contributed by atoms with van der Waals surface area (Å²) in [6.45, 7) is 5.40. The summed E-state index contributed by atoms with van der Waals surface area (Å²) in [6, 6.07) is 1.68. The third-order valence-electron chi connectivity index (χ3n) is 3.41. The molecule has 2 rings (SSSR count). The van der Waals surface area contributed by atoms with Crippen LogP contribution in [0.15, 0.2) is 6.07 Å². The van der Waals surface area contributed by atoms with Crippen LogP contribution < -0.4 is 11.3 Å². The molecule has 2 heterocycles. The van der Waals surface area contributed by atoms with Gasteiger partial charge in [-0.15, -0.1) is 0 Å². The third-order valence-corrected chi connectivity index (χ3v) is 3.41. The normalized spacial score (nSPS) is 23.1. The van der Waals surface area contributed by atoms with Crippen molar-refractivity contribution >= 4 is 17.6 Å². The Morgan fingerprint density at radius 2 is 1.84 bits per heavy atom. The van der Waals surface area contributed by atoms with Crippen molar-refractivity contribution in [1.82, 2.24) is 14.9 Å². The first-order chi connectivity index (χ1) is 8.93. The third kappa shape index (κ3) is 2.41. The molecule has 0 saturated carbocycles. The summed E-state index contributed by atoms with van der Waals surface area (Å²) in [5.74, 6) is 5.24. The van der Waals surface area contributed by atoms with Crippen LogP contribution >= 0.6 is 0 Å². The molecule has 7 heteroatoms. The molecule has 1 aromatic rings. The molecule has 0 bridgehead atoms. The summed E-state index contributed by atoms with van der Waals surface area (Å²) in [5.41, 5.74) is 3.15. The van der Waals surface area contributed by atoms with E-state index in [4.69, 9.17) is 5.84 Å². The molecule has 0 radical (unpaired) electrons. The lowest BCUT2D eigenvalue weighted by Gasteiger charge is -2.14. The van der Waals surface area contributed by atoms with E-state index in [2.05, 4.69) is 15.4 Å². The minimum absolute atomic E-state index is 0.0860. The van der Waals surface area contributed by atoms with Crippen LogP contribution in [0.2, 0.25) is 0 Å². The standard InChI is InChI=1S/C12H17N5O2/c1-6-4-9(16-13)15-10(14-6)5-17-11(18)7(2)8(3)12(17)19/h4,7-8H,5,13H2,1-3H3,(H,14,15,16). The first kappa shape index (κ1) is 13.4. The number of hydrogen-bond donors (Lipinski definition) is 2. The van der Waals surface area contributed by atoms with Crippen molar-refractivity contribution in [2.45, 2.75) is 27.3 Å². The maximum Gasteiger partial charge on any atom is 0.233 e. The van der Waals surface area contributed by atoms with E-state index in [9.17, 15) is 9.59 Å². The molecule has 1 fully saturated rings. The zero-order valence-corrected chi connectivity index (χ0v) is 11.2. The summed E-state index contributed by atoms with van der Waals surface area (Å²) < 4.78 is 0. The van der Waals surface area contributed by atoms with E-state index < -0.39 is 0 Å². The quantitative estimate of drug-likeness (QED) is 0.459. The van der Waals surface area contributed by atoms with Crippen molar-refractivity contribution < 1.29 is 9.59 Å². The van der Waals surface area contributed by atoms with Gasteiger partial charge in [-0.05, 0) is 6.92 Å². The van der Waals surface area contributed by atoms with E-state index in [0.717, 1.165) is 5.69 Å². The Morgan fingerprint density at radius 3 is 2.37 bits per heavy atom. The van der Waals surface area contributed by atoms with Gasteiger partial charge in [-0.1, -0.05) is 13.8 Å². The Balaban J connectivity index is 2.24. The van der Waals surface area contributed by atoms with Gasteiger partial charge < -0.3 is 5.43 Å². The van der Waals surface area contributed by atoms with E-state index in [0.29, 0.717) is 11.6 Å². The Labute approximate surface area is 111 Å². The molecule has 19 heavy (non-hydrogen) atoms. The molecule has 1 saturated heterocycles. The molecule has 2 unspecified atom stereocenters. The number of nitrogens with zero attached hydrogens (tertiary/aromatic N) is 3. The van der Waals surface area contributed by atoms with E-state index in [-0.39, 0.29) is 30.2 Å². The molecule has 2 atom stereocenters. The number of rotatable bonds is 3. The summed E-state index contributed by atoms with van der Waals surface area (Å²) in [5, 5.41) is 0. The lowest BCUT2D eigenvalue weighted by atomic mass is 10.00. The highest BCUT2D eigenvalue weighted by atomic mass is 16.2. The molecule has 0 aromatic carbocycles. The number of nitrogen functional groups attached to an aromatic ring is 1. The lowest BCUT2D eigenvalue weighted by Crippen LogP contribution is -2.31. The van der Waals surface area contributed by atoms with Crippen LogP contribution in [0.1, 0.15) is 25.4 Å². The topological polar surface area (TPSA) is 101 Å². The number of aromatic nitrogens is 2. The van der Waals surface area contributed by atoms with Crippen LogP contribution in [-0.2, 0) is 16.1 Å². The highest BCUT2D eigenvalue weighted by molar-refractivity contribution is 6.04. The first-order valence-electron chi connectivity index (χ1n) is 6.10. The highest BCUT2D eigenvalue weighted by Crippen LogP contribution is 2.26. The monoisotopic (exact) mass is 263 g/mol. The van der Waals surface area contributed by atoms with Crippen LogP contribution in [-0.4, -0.2) is 26.7 Å². The van der Waals surface area contributed by atoms with Gasteiger partial charge in [0.25, 0.3) is 0 Å². The number of amides is 2. The zero-order chi connectivity index (χ0) is 14.2. The number of carbonyl (C=O) groups excluding carboxylic acids is 2. The van der Waals surface area contributed by atoms with E-state index >= 15 is 0 Å². The fourth-order valence-corrected chi connectivity index (χ4v) is 2.10. The number of hydrazine groups is 1. The van der Waals surface area contributed by atoms with Gasteiger partial charge >= 0.3 is 0 Å². The number of aryl methyl sites for hydroxylation is 1. The van der Waals surface area contributed by atoms with Crippen LogP contribution in [0.25, 0.3) is 0 Å². The van der Waals surface area contributed by atoms with Gasteiger partial charge in [0.05, 0.1) is 6.54 Å². The van der Waals surface area contributed by atoms with Crippen molar-refractivity contribution in [2.24, 2.45) is 17.7 Å². The highest BCUT2D eigenvalue weighted by Gasteiger charge is 2.42. The predicted octanol–water partition coefficient (Wildman–Crippen LogP) is 0.212. The number of anilines is 1. The van der Waals surface area contributed by atoms with E-state index in [1.54, 1.807) is 26.8 Å². The number of imide groups is 1. The van der Waals surface area contributed by atoms with Crippen molar-refractivity contribution in [1.29, 1.82) is 0 Å². The zero-order valence-electron chi connectivity index (χ0n) is 11.2. The average Bonchev–Trinajstić information content (AvgIpc) is 2.56. The molecule has 1 aromatic heterocycles. The Kier molecular flexibility index (Phi) is 3.48. The van der Waals surface area contributed by atoms with Crippen molar-refractivity contribution in [3.8, 4) is 0 Å². The molecule has 2 amide bonds. The maximum absolute atomic E-state index is 12.0. The summed E-state index contributed by atoms with van der Waals surface area (Å²) in [4.78, 5) is 33.5. The minimum Gasteiger partial charge on any atom is -0.308 e. The lowest BCUT2D eigenvalue weighted by molar-refractivity contribution is -0.140. The number of hydrogen-bond acceptors (Lipinski definition) is 6. The van der Waals surface area contributed by atoms with Gasteiger partial charge in [0.2, 0.25) is 11.8 Å². The van der Waals surface area contributed by atoms with Gasteiger partial charge in [0.1, 0.15) is 5.82 Å². The van der Waals surface area contributed by atoms with Gasteiger partial charge in [0, 0.05) is 23.6 Å².